The largest absolute Gasteiger partial charge is 0.372 e. The summed E-state index contributed by atoms with van der Waals surface area (Å²) in [5.41, 5.74) is 4.91. The van der Waals surface area contributed by atoms with Crippen molar-refractivity contribution in [1.29, 1.82) is 0 Å². The summed E-state index contributed by atoms with van der Waals surface area (Å²) in [7, 11) is 4.81. The first-order valence-corrected chi connectivity index (χ1v) is 7.94. The Kier molecular flexibility index (Phi) is 68.1. The molecule has 1 saturated heterocycles. The fraction of sp³-hybridized carbons (Fsp3) is 0.643. The van der Waals surface area contributed by atoms with E-state index in [9.17, 15) is 0 Å². The monoisotopic (exact) mass is 375 g/mol. The molecule has 4 N–H and O–H groups in total. The molecule has 0 aromatic carbocycles. The maximum Gasteiger partial charge on any atom is 0.0937 e. The molecule has 0 bridgehead atoms. The predicted octanol–water partition coefficient (Wildman–Crippen LogP) is 2.70. The predicted molar refractivity (Wildman–Crippen MR) is 102 cm³/mol. The Bertz CT molecular complexity index is 163. The van der Waals surface area contributed by atoms with Crippen LogP contribution < -0.4 is 15.9 Å². The van der Waals surface area contributed by atoms with E-state index in [1.54, 1.807) is 19.1 Å². The van der Waals surface area contributed by atoms with Crippen molar-refractivity contribution in [2.75, 3.05) is 26.2 Å². The third-order valence-corrected chi connectivity index (χ3v) is 1.65. The van der Waals surface area contributed by atoms with Gasteiger partial charge in [0.15, 0.2) is 0 Å². The Morgan fingerprint density at radius 2 is 1.62 bits per heavy atom. The van der Waals surface area contributed by atoms with Crippen LogP contribution in [0.25, 0.3) is 0 Å². The summed E-state index contributed by atoms with van der Waals surface area (Å²) in [6.45, 7) is 19.5. The van der Waals surface area contributed by atoms with E-state index >= 15 is 0 Å². The smallest absolute Gasteiger partial charge is 0.0937 e. The zero-order valence-corrected chi connectivity index (χ0v) is 17.7. The Morgan fingerprint density at radius 1 is 1.24 bits per heavy atom. The van der Waals surface area contributed by atoms with Gasteiger partial charge in [0.05, 0.1) is 12.7 Å². The number of rotatable bonds is 5. The van der Waals surface area contributed by atoms with Crippen LogP contribution >= 0.6 is 18.8 Å². The van der Waals surface area contributed by atoms with Gasteiger partial charge in [-0.25, -0.2) is 0 Å². The van der Waals surface area contributed by atoms with Gasteiger partial charge in [0.25, 0.3) is 0 Å². The van der Waals surface area contributed by atoms with Crippen LogP contribution in [0, 0.1) is 6.92 Å². The number of hydrogen-bond acceptors (Lipinski definition) is 4. The van der Waals surface area contributed by atoms with Crippen LogP contribution in [-0.2, 0) is 23.3 Å². The fourth-order valence-corrected chi connectivity index (χ4v) is 0.830. The van der Waals surface area contributed by atoms with E-state index in [0.717, 1.165) is 19.7 Å². The number of ether oxygens (including phenoxy) is 1. The summed E-state index contributed by atoms with van der Waals surface area (Å²) in [5, 5.41) is 5.74. The van der Waals surface area contributed by atoms with Gasteiger partial charge >= 0.3 is 0 Å². The maximum atomic E-state index is 4.91. The van der Waals surface area contributed by atoms with Gasteiger partial charge < -0.3 is 17.4 Å². The van der Waals surface area contributed by atoms with E-state index in [1.165, 1.54) is 6.42 Å². The van der Waals surface area contributed by atoms with Crippen LogP contribution in [0.4, 0.5) is 0 Å². The van der Waals surface area contributed by atoms with E-state index in [2.05, 4.69) is 62.9 Å². The van der Waals surface area contributed by atoms with E-state index < -0.39 is 0 Å². The molecule has 1 aliphatic rings. The summed E-state index contributed by atoms with van der Waals surface area (Å²) >= 11 is 0. The maximum absolute atomic E-state index is 4.91. The van der Waals surface area contributed by atoms with Gasteiger partial charge in [0, 0.05) is 38.2 Å². The quantitative estimate of drug-likeness (QED) is 0.299. The standard InChI is InChI=1S/C3H8NOP.C3H8NP.C3H7N.C3H8.C2H5.V/c6-4-1-3-2-5-3;1-2-3-4-5;1-2-3-4;1-3-2;1-2;/h3-4H,1-2,6H2;2,4H,1,3,5H2;2H,1,3-4H2;3H2,1-2H3;1H2,2H3;/q;;;;-1;. The minimum absolute atomic E-state index is 0. The van der Waals surface area contributed by atoms with Gasteiger partial charge in [0.2, 0.25) is 0 Å². The second-order valence-electron chi connectivity index (χ2n) is 3.29. The van der Waals surface area contributed by atoms with Crippen molar-refractivity contribution in [2.24, 2.45) is 5.73 Å². The van der Waals surface area contributed by atoms with Gasteiger partial charge in [-0.05, 0) is 0 Å². The van der Waals surface area contributed by atoms with Crippen molar-refractivity contribution in [2.45, 2.75) is 33.3 Å². The number of nitrogens with two attached hydrogens (primary N) is 1. The van der Waals surface area contributed by atoms with Crippen LogP contribution in [0.1, 0.15) is 27.2 Å². The molecule has 0 aromatic rings. The zero-order valence-electron chi connectivity index (χ0n) is 14.0. The first-order valence-electron chi connectivity index (χ1n) is 6.79. The van der Waals surface area contributed by atoms with Gasteiger partial charge in [-0.3, -0.25) is 10.2 Å². The molecule has 129 valence electrons. The third kappa shape index (κ3) is 76.7. The molecule has 0 amide bonds. The molecular weight excluding hydrogens is 339 g/mol. The molecule has 1 aliphatic heterocycles. The Labute approximate surface area is 149 Å². The average molecular weight is 375 g/mol. The first-order chi connectivity index (χ1) is 9.67. The minimum Gasteiger partial charge on any atom is -0.372 e. The Hall–Kier alpha value is 0.764. The van der Waals surface area contributed by atoms with Gasteiger partial charge in [-0.1, -0.05) is 51.2 Å². The SMILES string of the molecule is C=CCN.C=CCNP.CCC.PNCC1CO1.[CH2-]C.[V]. The van der Waals surface area contributed by atoms with E-state index in [-0.39, 0.29) is 18.6 Å². The van der Waals surface area contributed by atoms with Crippen LogP contribution in [0.5, 0.6) is 0 Å². The van der Waals surface area contributed by atoms with Gasteiger partial charge in [-0.2, -0.15) is 6.92 Å². The summed E-state index contributed by atoms with van der Waals surface area (Å²) in [6, 6.07) is 0. The third-order valence-electron chi connectivity index (χ3n) is 1.18. The summed E-state index contributed by atoms with van der Waals surface area (Å²) in [6.07, 6.45) is 5.22. The molecular formula is C14H36N3OP2V-. The van der Waals surface area contributed by atoms with Crippen LogP contribution in [0.3, 0.4) is 0 Å². The second-order valence-corrected chi connectivity index (χ2v) is 4.11. The van der Waals surface area contributed by atoms with Crippen LogP contribution in [0.2, 0.25) is 0 Å². The summed E-state index contributed by atoms with van der Waals surface area (Å²) in [4.78, 5) is 0. The van der Waals surface area contributed by atoms with Crippen molar-refractivity contribution in [1.82, 2.24) is 10.2 Å². The van der Waals surface area contributed by atoms with Crippen molar-refractivity contribution in [3.8, 4) is 0 Å². The number of epoxide rings is 1. The molecule has 1 fully saturated rings. The van der Waals surface area contributed by atoms with Crippen molar-refractivity contribution in [3.63, 3.8) is 0 Å². The molecule has 21 heavy (non-hydrogen) atoms. The fourth-order valence-electron chi connectivity index (χ4n) is 0.401. The molecule has 0 spiro atoms. The molecule has 0 saturated carbocycles. The zero-order chi connectivity index (χ0) is 16.6. The Morgan fingerprint density at radius 3 is 1.67 bits per heavy atom. The first kappa shape index (κ1) is 33.4. The second kappa shape index (κ2) is 42.8. The molecule has 3 unspecified atom stereocenters. The van der Waals surface area contributed by atoms with Gasteiger partial charge in [-0.15, -0.1) is 13.2 Å². The normalized spacial score (nSPS) is 12.8. The molecule has 0 aliphatic carbocycles. The minimum atomic E-state index is 0. The molecule has 0 aromatic heterocycles. The van der Waals surface area contributed by atoms with Crippen LogP contribution in [-0.4, -0.2) is 32.3 Å². The van der Waals surface area contributed by atoms with Crippen molar-refractivity contribution in [3.05, 3.63) is 32.2 Å². The van der Waals surface area contributed by atoms with Crippen LogP contribution in [0.15, 0.2) is 25.3 Å². The van der Waals surface area contributed by atoms with Crippen molar-refractivity contribution < 1.29 is 23.3 Å². The molecule has 7 heteroatoms. The Balaban J connectivity index is -0.0000000528. The van der Waals surface area contributed by atoms with Crippen molar-refractivity contribution >= 4 is 18.8 Å². The molecule has 4 nitrogen and oxygen atoms in total. The average Bonchev–Trinajstić information content (AvgIpc) is 3.28. The molecule has 3 atom stereocenters. The summed E-state index contributed by atoms with van der Waals surface area (Å²) in [5.74, 6) is 0. The number of nitrogens with one attached hydrogen (secondary N) is 2. The van der Waals surface area contributed by atoms with Gasteiger partial charge in [0.1, 0.15) is 0 Å². The topological polar surface area (TPSA) is 62.6 Å². The van der Waals surface area contributed by atoms with E-state index in [4.69, 9.17) is 10.5 Å². The van der Waals surface area contributed by atoms with E-state index in [0.29, 0.717) is 12.6 Å². The molecule has 1 rings (SSSR count). The summed E-state index contributed by atoms with van der Waals surface area (Å²) < 4.78 is 4.87. The van der Waals surface area contributed by atoms with E-state index in [1.807, 2.05) is 0 Å². The molecule has 1 radical (unpaired) electrons. The number of hydrogen-bond donors (Lipinski definition) is 3. The molecule has 1 heterocycles.